The Hall–Kier alpha value is -2.53. The van der Waals surface area contributed by atoms with E-state index in [-0.39, 0.29) is 30.0 Å². The zero-order valence-electron chi connectivity index (χ0n) is 14.2. The summed E-state index contributed by atoms with van der Waals surface area (Å²) >= 11 is 0. The summed E-state index contributed by atoms with van der Waals surface area (Å²) in [5.74, 6) is -0.873. The van der Waals surface area contributed by atoms with Crippen molar-refractivity contribution in [1.29, 1.82) is 0 Å². The molecule has 2 heterocycles. The van der Waals surface area contributed by atoms with E-state index >= 15 is 0 Å². The van der Waals surface area contributed by atoms with Gasteiger partial charge in [-0.25, -0.2) is 9.07 Å². The predicted octanol–water partition coefficient (Wildman–Crippen LogP) is 3.05. The zero-order valence-corrected chi connectivity index (χ0v) is 15.0. The van der Waals surface area contributed by atoms with Crippen LogP contribution in [0.2, 0.25) is 0 Å². The second-order valence-electron chi connectivity index (χ2n) is 5.59. The third-order valence-corrected chi connectivity index (χ3v) is 3.64. The van der Waals surface area contributed by atoms with E-state index in [1.165, 1.54) is 12.1 Å². The molecule has 1 aromatic carbocycles. The van der Waals surface area contributed by atoms with Gasteiger partial charge in [-0.05, 0) is 32.2 Å². The maximum atomic E-state index is 13.6. The molecule has 12 heteroatoms. The van der Waals surface area contributed by atoms with Crippen LogP contribution in [-0.4, -0.2) is 38.2 Å². The van der Waals surface area contributed by atoms with Crippen molar-refractivity contribution in [2.45, 2.75) is 25.6 Å². The summed E-state index contributed by atoms with van der Waals surface area (Å²) in [6.07, 6.45) is -4.46. The highest BCUT2D eigenvalue weighted by Gasteiger charge is 2.42. The molecule has 0 saturated carbocycles. The Morgan fingerprint density at radius 2 is 2.04 bits per heavy atom. The SMILES string of the molecule is CNC(C)Cc1noc(-c2nnn(-c3cccc(F)c3)c2C(F)(F)F)n1.Cl. The molecule has 1 N–H and O–H groups in total. The van der Waals surface area contributed by atoms with Crippen LogP contribution in [0.3, 0.4) is 0 Å². The van der Waals surface area contributed by atoms with Crippen LogP contribution >= 0.6 is 12.4 Å². The van der Waals surface area contributed by atoms with Crippen molar-refractivity contribution in [1.82, 2.24) is 30.5 Å². The number of halogens is 5. The van der Waals surface area contributed by atoms with E-state index in [2.05, 4.69) is 25.8 Å². The van der Waals surface area contributed by atoms with E-state index in [0.29, 0.717) is 11.1 Å². The van der Waals surface area contributed by atoms with Gasteiger partial charge in [-0.3, -0.25) is 0 Å². The van der Waals surface area contributed by atoms with Gasteiger partial charge in [-0.15, -0.1) is 17.5 Å². The van der Waals surface area contributed by atoms with Crippen molar-refractivity contribution in [3.63, 3.8) is 0 Å². The number of nitrogens with zero attached hydrogens (tertiary/aromatic N) is 5. The van der Waals surface area contributed by atoms with E-state index in [0.717, 1.165) is 12.1 Å². The number of benzene rings is 1. The lowest BCUT2D eigenvalue weighted by molar-refractivity contribution is -0.142. The summed E-state index contributed by atoms with van der Waals surface area (Å²) in [5, 5.41) is 13.7. The van der Waals surface area contributed by atoms with Gasteiger partial charge in [-0.2, -0.15) is 18.2 Å². The van der Waals surface area contributed by atoms with E-state index in [9.17, 15) is 17.6 Å². The molecular weight excluding hydrogens is 392 g/mol. The molecule has 0 radical (unpaired) electrons. The van der Waals surface area contributed by atoms with Gasteiger partial charge in [0.25, 0.3) is 5.89 Å². The Kier molecular flexibility index (Phi) is 6.16. The predicted molar refractivity (Wildman–Crippen MR) is 89.1 cm³/mol. The fourth-order valence-corrected chi connectivity index (χ4v) is 2.28. The van der Waals surface area contributed by atoms with Gasteiger partial charge in [0.05, 0.1) is 5.69 Å². The molecule has 0 saturated heterocycles. The first kappa shape index (κ1) is 20.8. The molecule has 2 aromatic heterocycles. The molecule has 3 rings (SSSR count). The first-order chi connectivity index (χ1) is 12.3. The highest BCUT2D eigenvalue weighted by atomic mass is 35.5. The molecule has 7 nitrogen and oxygen atoms in total. The van der Waals surface area contributed by atoms with Crippen molar-refractivity contribution >= 4 is 12.4 Å². The molecule has 0 aliphatic carbocycles. The third kappa shape index (κ3) is 4.42. The quantitative estimate of drug-likeness (QED) is 0.656. The molecule has 146 valence electrons. The standard InChI is InChI=1S/C15H14F4N6O.ClH/c1-8(20-2)6-11-21-14(26-23-11)12-13(15(17,18)19)25(24-22-12)10-5-3-4-9(16)7-10;/h3-5,7-8,20H,6H2,1-2H3;1H. The first-order valence-corrected chi connectivity index (χ1v) is 7.58. The minimum absolute atomic E-state index is 0. The molecule has 0 aliphatic rings. The molecule has 27 heavy (non-hydrogen) atoms. The van der Waals surface area contributed by atoms with E-state index < -0.39 is 29.3 Å². The Balaban J connectivity index is 0.00000261. The molecule has 0 fully saturated rings. The van der Waals surface area contributed by atoms with Crippen LogP contribution in [0.1, 0.15) is 18.4 Å². The lowest BCUT2D eigenvalue weighted by atomic mass is 10.2. The highest BCUT2D eigenvalue weighted by Crippen LogP contribution is 2.36. The largest absolute Gasteiger partial charge is 0.435 e. The zero-order chi connectivity index (χ0) is 18.9. The number of hydrogen-bond donors (Lipinski definition) is 1. The molecule has 0 aliphatic heterocycles. The lowest BCUT2D eigenvalue weighted by Gasteiger charge is -2.10. The van der Waals surface area contributed by atoms with Gasteiger partial charge >= 0.3 is 6.18 Å². The Morgan fingerprint density at radius 3 is 2.67 bits per heavy atom. The Labute approximate surface area is 157 Å². The van der Waals surface area contributed by atoms with Crippen molar-refractivity contribution in [2.24, 2.45) is 0 Å². The minimum Gasteiger partial charge on any atom is -0.332 e. The van der Waals surface area contributed by atoms with Crippen LogP contribution in [0, 0.1) is 5.82 Å². The molecular formula is C15H15ClF4N6O. The molecule has 1 atom stereocenters. The first-order valence-electron chi connectivity index (χ1n) is 7.58. The van der Waals surface area contributed by atoms with E-state index in [1.54, 1.807) is 7.05 Å². The summed E-state index contributed by atoms with van der Waals surface area (Å²) in [7, 11) is 1.73. The summed E-state index contributed by atoms with van der Waals surface area (Å²) < 4.78 is 59.6. The van der Waals surface area contributed by atoms with E-state index in [4.69, 9.17) is 4.52 Å². The maximum absolute atomic E-state index is 13.6. The third-order valence-electron chi connectivity index (χ3n) is 3.64. The smallest absolute Gasteiger partial charge is 0.332 e. The molecule has 1 unspecified atom stereocenters. The van der Waals surface area contributed by atoms with E-state index in [1.807, 2.05) is 6.92 Å². The second kappa shape index (κ2) is 8.01. The number of hydrogen-bond acceptors (Lipinski definition) is 6. The van der Waals surface area contributed by atoms with Gasteiger partial charge in [0.1, 0.15) is 5.82 Å². The fourth-order valence-electron chi connectivity index (χ4n) is 2.28. The van der Waals surface area contributed by atoms with Crippen molar-refractivity contribution in [3.05, 3.63) is 41.6 Å². The second-order valence-corrected chi connectivity index (χ2v) is 5.59. The highest BCUT2D eigenvalue weighted by molar-refractivity contribution is 5.85. The lowest BCUT2D eigenvalue weighted by Crippen LogP contribution is -2.24. The minimum atomic E-state index is -4.82. The van der Waals surface area contributed by atoms with Gasteiger partial charge in [-0.1, -0.05) is 16.4 Å². The van der Waals surface area contributed by atoms with Crippen LogP contribution < -0.4 is 5.32 Å². The van der Waals surface area contributed by atoms with Crippen molar-refractivity contribution in [2.75, 3.05) is 7.05 Å². The number of nitrogens with one attached hydrogen (secondary N) is 1. The molecule has 3 aromatic rings. The monoisotopic (exact) mass is 406 g/mol. The maximum Gasteiger partial charge on any atom is 0.435 e. The molecule has 0 amide bonds. The number of rotatable bonds is 5. The normalized spacial score (nSPS) is 12.7. The van der Waals surface area contributed by atoms with Crippen LogP contribution in [0.4, 0.5) is 17.6 Å². The number of likely N-dealkylation sites (N-methyl/N-ethyl adjacent to an activating group) is 1. The van der Waals surface area contributed by atoms with Gasteiger partial charge < -0.3 is 9.84 Å². The molecule has 0 spiro atoms. The average Bonchev–Trinajstić information content (AvgIpc) is 3.20. The van der Waals surface area contributed by atoms with Crippen molar-refractivity contribution in [3.8, 4) is 17.3 Å². The summed E-state index contributed by atoms with van der Waals surface area (Å²) in [6, 6.07) is 4.59. The summed E-state index contributed by atoms with van der Waals surface area (Å²) in [5.41, 5.74) is -1.96. The van der Waals surface area contributed by atoms with Gasteiger partial charge in [0.15, 0.2) is 17.2 Å². The van der Waals surface area contributed by atoms with Gasteiger partial charge in [0.2, 0.25) is 0 Å². The topological polar surface area (TPSA) is 81.7 Å². The van der Waals surface area contributed by atoms with Crippen LogP contribution in [0.15, 0.2) is 28.8 Å². The number of aromatic nitrogens is 5. The number of alkyl halides is 3. The van der Waals surface area contributed by atoms with Crippen LogP contribution in [0.25, 0.3) is 17.3 Å². The van der Waals surface area contributed by atoms with Crippen molar-refractivity contribution < 1.29 is 22.1 Å². The van der Waals surface area contributed by atoms with Crippen LogP contribution in [0.5, 0.6) is 0 Å². The molecule has 0 bridgehead atoms. The summed E-state index contributed by atoms with van der Waals surface area (Å²) in [4.78, 5) is 3.96. The average molecular weight is 407 g/mol. The summed E-state index contributed by atoms with van der Waals surface area (Å²) in [6.45, 7) is 1.86. The van der Waals surface area contributed by atoms with Gasteiger partial charge in [0, 0.05) is 12.5 Å². The van der Waals surface area contributed by atoms with Crippen LogP contribution in [-0.2, 0) is 12.6 Å². The Bertz CT molecular complexity index is 910. The fraction of sp³-hybridized carbons (Fsp3) is 0.333. The Morgan fingerprint density at radius 1 is 1.30 bits per heavy atom.